The molecule has 2 aromatic heterocycles. The molecule has 0 bridgehead atoms. The van der Waals surface area contributed by atoms with Crippen LogP contribution in [-0.2, 0) is 6.42 Å². The lowest BCUT2D eigenvalue weighted by atomic mass is 9.88. The fourth-order valence-corrected chi connectivity index (χ4v) is 2.56. The van der Waals surface area contributed by atoms with Crippen molar-refractivity contribution >= 4 is 11.6 Å². The van der Waals surface area contributed by atoms with Crippen LogP contribution in [0.2, 0.25) is 0 Å². The first-order chi connectivity index (χ1) is 8.84. The summed E-state index contributed by atoms with van der Waals surface area (Å²) in [7, 11) is 0. The summed E-state index contributed by atoms with van der Waals surface area (Å²) >= 11 is 0. The van der Waals surface area contributed by atoms with Crippen molar-refractivity contribution < 1.29 is 0 Å². The van der Waals surface area contributed by atoms with E-state index in [0.717, 1.165) is 12.8 Å². The fraction of sp³-hybridized carbons (Fsp3) is 0.250. The molecule has 0 fully saturated rings. The van der Waals surface area contributed by atoms with Crippen molar-refractivity contribution in [2.45, 2.75) is 26.2 Å². The summed E-state index contributed by atoms with van der Waals surface area (Å²) in [4.78, 5) is 8.63. The zero-order chi connectivity index (χ0) is 12.4. The van der Waals surface area contributed by atoms with Gasteiger partial charge in [0, 0.05) is 18.6 Å². The minimum atomic E-state index is 1.12. The van der Waals surface area contributed by atoms with Gasteiger partial charge in [0.2, 0.25) is 0 Å². The van der Waals surface area contributed by atoms with Crippen molar-refractivity contribution in [3.63, 3.8) is 0 Å². The van der Waals surface area contributed by atoms with Crippen molar-refractivity contribution in [2.75, 3.05) is 0 Å². The molecular weight excluding hydrogens is 220 g/mol. The molecule has 1 aliphatic rings. The lowest BCUT2D eigenvalue weighted by Crippen LogP contribution is -2.06. The van der Waals surface area contributed by atoms with Crippen LogP contribution >= 0.6 is 0 Å². The topological polar surface area (TPSA) is 25.8 Å². The van der Waals surface area contributed by atoms with Crippen molar-refractivity contribution in [3.8, 4) is 0 Å². The number of aromatic nitrogens is 2. The summed E-state index contributed by atoms with van der Waals surface area (Å²) in [6.07, 6.45) is 11.3. The number of hydrogen-bond donors (Lipinski definition) is 0. The Morgan fingerprint density at radius 3 is 2.72 bits per heavy atom. The van der Waals surface area contributed by atoms with Crippen LogP contribution in [-0.4, -0.2) is 9.97 Å². The van der Waals surface area contributed by atoms with E-state index in [9.17, 15) is 0 Å². The molecule has 2 heterocycles. The second kappa shape index (κ2) is 4.73. The number of aryl methyl sites for hydroxylation is 1. The average molecular weight is 236 g/mol. The number of fused-ring (bicyclic) bond motifs is 1. The van der Waals surface area contributed by atoms with Crippen LogP contribution in [0.3, 0.4) is 0 Å². The highest BCUT2D eigenvalue weighted by Crippen LogP contribution is 2.32. The van der Waals surface area contributed by atoms with E-state index in [2.05, 4.69) is 29.0 Å². The fourth-order valence-electron chi connectivity index (χ4n) is 2.56. The van der Waals surface area contributed by atoms with Crippen LogP contribution in [0.5, 0.6) is 0 Å². The predicted molar refractivity (Wildman–Crippen MR) is 74.0 cm³/mol. The Morgan fingerprint density at radius 2 is 1.89 bits per heavy atom. The van der Waals surface area contributed by atoms with Crippen LogP contribution in [0, 0.1) is 6.92 Å². The van der Waals surface area contributed by atoms with E-state index >= 15 is 0 Å². The Balaban J connectivity index is 2.07. The summed E-state index contributed by atoms with van der Waals surface area (Å²) in [5.41, 5.74) is 6.53. The highest BCUT2D eigenvalue weighted by Gasteiger charge is 2.16. The van der Waals surface area contributed by atoms with E-state index < -0.39 is 0 Å². The Hall–Kier alpha value is -1.96. The maximum atomic E-state index is 4.57. The Labute approximate surface area is 107 Å². The Morgan fingerprint density at radius 1 is 1.06 bits per heavy atom. The monoisotopic (exact) mass is 236 g/mol. The summed E-state index contributed by atoms with van der Waals surface area (Å²) in [6, 6.07) is 6.18. The summed E-state index contributed by atoms with van der Waals surface area (Å²) in [5.74, 6) is 0. The molecule has 0 unspecified atom stereocenters. The van der Waals surface area contributed by atoms with Gasteiger partial charge in [-0.1, -0.05) is 0 Å². The van der Waals surface area contributed by atoms with Gasteiger partial charge >= 0.3 is 0 Å². The number of hydrogen-bond acceptors (Lipinski definition) is 2. The van der Waals surface area contributed by atoms with Gasteiger partial charge in [-0.15, -0.1) is 0 Å². The van der Waals surface area contributed by atoms with Crippen LogP contribution in [0.15, 0.2) is 36.8 Å². The Kier molecular flexibility index (Phi) is 2.93. The smallest absolute Gasteiger partial charge is 0.0696 e. The van der Waals surface area contributed by atoms with Crippen molar-refractivity contribution in [3.05, 3.63) is 59.2 Å². The number of allylic oxidation sites excluding steroid dienone is 1. The van der Waals surface area contributed by atoms with Gasteiger partial charge in [-0.2, -0.15) is 0 Å². The molecule has 0 saturated carbocycles. The molecule has 0 N–H and O–H groups in total. The molecule has 0 aliphatic heterocycles. The summed E-state index contributed by atoms with van der Waals surface area (Å²) in [6.45, 7) is 2.18. The van der Waals surface area contributed by atoms with E-state index in [-0.39, 0.29) is 0 Å². The minimum absolute atomic E-state index is 1.12. The highest BCUT2D eigenvalue weighted by molar-refractivity contribution is 5.82. The van der Waals surface area contributed by atoms with Crippen LogP contribution in [0.4, 0.5) is 0 Å². The zero-order valence-electron chi connectivity index (χ0n) is 10.6. The minimum Gasteiger partial charge on any atom is -0.265 e. The summed E-state index contributed by atoms with van der Waals surface area (Å²) < 4.78 is 0. The van der Waals surface area contributed by atoms with Gasteiger partial charge in [-0.3, -0.25) is 9.97 Å². The summed E-state index contributed by atoms with van der Waals surface area (Å²) in [5, 5.41) is 0. The third-order valence-corrected chi connectivity index (χ3v) is 3.51. The quantitative estimate of drug-likeness (QED) is 0.755. The molecule has 2 heteroatoms. The Bertz CT molecular complexity index is 585. The second-order valence-electron chi connectivity index (χ2n) is 4.76. The lowest BCUT2D eigenvalue weighted by Gasteiger charge is -2.19. The molecule has 3 rings (SSSR count). The maximum absolute atomic E-state index is 4.57. The van der Waals surface area contributed by atoms with Gasteiger partial charge < -0.3 is 0 Å². The van der Waals surface area contributed by atoms with Gasteiger partial charge in [0.25, 0.3) is 0 Å². The first-order valence-electron chi connectivity index (χ1n) is 6.40. The first-order valence-corrected chi connectivity index (χ1v) is 6.40. The van der Waals surface area contributed by atoms with Crippen molar-refractivity contribution in [1.82, 2.24) is 9.97 Å². The van der Waals surface area contributed by atoms with Gasteiger partial charge in [-0.25, -0.2) is 0 Å². The number of pyridine rings is 2. The average Bonchev–Trinajstić information content (AvgIpc) is 2.41. The van der Waals surface area contributed by atoms with Gasteiger partial charge in [0.15, 0.2) is 0 Å². The van der Waals surface area contributed by atoms with Crippen LogP contribution in [0.25, 0.3) is 11.6 Å². The molecule has 0 amide bonds. The largest absolute Gasteiger partial charge is 0.265 e. The molecule has 90 valence electrons. The molecule has 0 spiro atoms. The van der Waals surface area contributed by atoms with Crippen LogP contribution in [0.1, 0.15) is 35.2 Å². The molecule has 0 radical (unpaired) electrons. The predicted octanol–water partition coefficient (Wildman–Crippen LogP) is 3.66. The van der Waals surface area contributed by atoms with E-state index in [1.54, 1.807) is 0 Å². The normalized spacial score (nSPS) is 16.6. The van der Waals surface area contributed by atoms with E-state index in [1.165, 1.54) is 34.4 Å². The standard InChI is InChI=1S/C16H16N2/c1-12-5-10-18-16-14(3-2-4-15(12)16)11-13-6-8-17-9-7-13/h5-11H,2-4H2,1H3/b14-11+. The van der Waals surface area contributed by atoms with Gasteiger partial charge in [0.05, 0.1) is 5.69 Å². The molecule has 2 aromatic rings. The molecule has 1 aliphatic carbocycles. The molecule has 2 nitrogen and oxygen atoms in total. The molecule has 0 aromatic carbocycles. The maximum Gasteiger partial charge on any atom is 0.0696 e. The molecule has 18 heavy (non-hydrogen) atoms. The molecule has 0 saturated heterocycles. The highest BCUT2D eigenvalue weighted by atomic mass is 14.7. The first kappa shape index (κ1) is 11.1. The van der Waals surface area contributed by atoms with E-state index in [4.69, 9.17) is 0 Å². The van der Waals surface area contributed by atoms with Crippen molar-refractivity contribution in [1.29, 1.82) is 0 Å². The van der Waals surface area contributed by atoms with Gasteiger partial charge in [-0.05, 0) is 72.7 Å². The molecule has 0 atom stereocenters. The third kappa shape index (κ3) is 2.06. The van der Waals surface area contributed by atoms with Crippen LogP contribution < -0.4 is 0 Å². The molecular formula is C16H16N2. The lowest BCUT2D eigenvalue weighted by molar-refractivity contribution is 0.804. The third-order valence-electron chi connectivity index (χ3n) is 3.51. The van der Waals surface area contributed by atoms with E-state index in [0.29, 0.717) is 0 Å². The SMILES string of the molecule is Cc1ccnc2c1CCC/C2=C\c1ccncc1. The number of rotatable bonds is 1. The number of nitrogens with zero attached hydrogens (tertiary/aromatic N) is 2. The van der Waals surface area contributed by atoms with Gasteiger partial charge in [0.1, 0.15) is 0 Å². The van der Waals surface area contributed by atoms with E-state index in [1.807, 2.05) is 30.7 Å². The second-order valence-corrected chi connectivity index (χ2v) is 4.76. The van der Waals surface area contributed by atoms with Crippen molar-refractivity contribution in [2.24, 2.45) is 0 Å². The zero-order valence-corrected chi connectivity index (χ0v) is 10.6.